The van der Waals surface area contributed by atoms with Crippen molar-refractivity contribution in [3.05, 3.63) is 0 Å². The van der Waals surface area contributed by atoms with Gasteiger partial charge in [0.25, 0.3) is 0 Å². The van der Waals surface area contributed by atoms with Crippen LogP contribution in [0.2, 0.25) is 0 Å². The molecule has 0 bridgehead atoms. The van der Waals surface area contributed by atoms with Gasteiger partial charge in [-0.3, -0.25) is 9.59 Å². The Balaban J connectivity index is 0. The zero-order valence-electron chi connectivity index (χ0n) is 14.6. The van der Waals surface area contributed by atoms with Crippen molar-refractivity contribution in [1.82, 2.24) is 0 Å². The SMILES string of the molecule is CC(=O)CC(=O)O.CCOP(=S)(OCC)OP(=S)(OCC)OCC. The molecule has 0 aliphatic carbocycles. The van der Waals surface area contributed by atoms with Crippen molar-refractivity contribution < 1.29 is 37.1 Å². The molecular formula is C12H26O8P2S2. The summed E-state index contributed by atoms with van der Waals surface area (Å²) in [5.74, 6) is -1.37. The zero-order valence-corrected chi connectivity index (χ0v) is 18.0. The molecule has 0 atom stereocenters. The molecule has 0 heterocycles. The Morgan fingerprint density at radius 2 is 1.12 bits per heavy atom. The lowest BCUT2D eigenvalue weighted by Gasteiger charge is -2.27. The first-order valence-corrected chi connectivity index (χ1v) is 12.4. The molecule has 0 radical (unpaired) electrons. The maximum absolute atomic E-state index is 9.87. The third-order valence-electron chi connectivity index (χ3n) is 1.75. The Labute approximate surface area is 153 Å². The first-order chi connectivity index (χ1) is 11.1. The molecule has 0 aliphatic rings. The highest BCUT2D eigenvalue weighted by molar-refractivity contribution is 8.14. The number of carboxylic acids is 1. The first-order valence-electron chi connectivity index (χ1n) is 7.28. The van der Waals surface area contributed by atoms with Crippen LogP contribution in [0.3, 0.4) is 0 Å². The van der Waals surface area contributed by atoms with Crippen LogP contribution in [0.4, 0.5) is 0 Å². The van der Waals surface area contributed by atoms with Crippen LogP contribution < -0.4 is 0 Å². The predicted octanol–water partition coefficient (Wildman–Crippen LogP) is 3.65. The van der Waals surface area contributed by atoms with E-state index in [1.165, 1.54) is 6.92 Å². The summed E-state index contributed by atoms with van der Waals surface area (Å²) in [7, 11) is 0. The number of hydrogen-bond donors (Lipinski definition) is 1. The summed E-state index contributed by atoms with van der Waals surface area (Å²) in [4.78, 5) is 19.5. The number of carboxylic acid groups (broad SMARTS) is 1. The topological polar surface area (TPSA) is 101 Å². The van der Waals surface area contributed by atoms with Gasteiger partial charge < -0.3 is 23.2 Å². The van der Waals surface area contributed by atoms with Crippen LogP contribution in [-0.2, 0) is 55.6 Å². The molecule has 1 N–H and O–H groups in total. The van der Waals surface area contributed by atoms with E-state index in [1.54, 1.807) is 0 Å². The second kappa shape index (κ2) is 14.4. The summed E-state index contributed by atoms with van der Waals surface area (Å²) in [5, 5.41) is 7.86. The average Bonchev–Trinajstić information content (AvgIpc) is 2.37. The van der Waals surface area contributed by atoms with Crippen molar-refractivity contribution in [1.29, 1.82) is 0 Å². The van der Waals surface area contributed by atoms with Gasteiger partial charge in [-0.25, -0.2) is 4.31 Å². The summed E-state index contributed by atoms with van der Waals surface area (Å²) >= 11 is 10.4. The van der Waals surface area contributed by atoms with E-state index < -0.39 is 19.4 Å². The molecule has 0 aromatic heterocycles. The van der Waals surface area contributed by atoms with E-state index in [2.05, 4.69) is 0 Å². The average molecular weight is 424 g/mol. The number of carbonyl (C=O) groups excluding carboxylic acids is 1. The standard InChI is InChI=1S/C8H20O5P2S2.C4H6O3/c1-5-9-14(16,10-6-2)13-15(17,11-7-3)12-8-4;1-3(5)2-4(6)7/h5-8H2,1-4H3;2H2,1H3,(H,6,7). The van der Waals surface area contributed by atoms with Crippen molar-refractivity contribution in [2.75, 3.05) is 26.4 Å². The lowest BCUT2D eigenvalue weighted by molar-refractivity contribution is -0.139. The largest absolute Gasteiger partial charge is 0.481 e. The van der Waals surface area contributed by atoms with Gasteiger partial charge in [-0.05, 0) is 58.2 Å². The minimum Gasteiger partial charge on any atom is -0.481 e. The van der Waals surface area contributed by atoms with E-state index in [1.807, 2.05) is 27.7 Å². The molecule has 24 heavy (non-hydrogen) atoms. The van der Waals surface area contributed by atoms with Gasteiger partial charge in [0.2, 0.25) is 0 Å². The van der Waals surface area contributed by atoms with Crippen LogP contribution in [0.1, 0.15) is 41.0 Å². The van der Waals surface area contributed by atoms with E-state index >= 15 is 0 Å². The summed E-state index contributed by atoms with van der Waals surface area (Å²) in [6.45, 7) is 4.33. The van der Waals surface area contributed by atoms with Crippen molar-refractivity contribution >= 4 is 48.8 Å². The second-order valence-corrected chi connectivity index (χ2v) is 10.1. The summed E-state index contributed by atoms with van der Waals surface area (Å²) < 4.78 is 26.9. The Morgan fingerprint density at radius 3 is 1.25 bits per heavy atom. The van der Waals surface area contributed by atoms with E-state index in [9.17, 15) is 9.59 Å². The highest BCUT2D eigenvalue weighted by atomic mass is 32.5. The fourth-order valence-corrected chi connectivity index (χ4v) is 7.51. The molecule has 0 amide bonds. The van der Waals surface area contributed by atoms with Crippen LogP contribution in [0.5, 0.6) is 0 Å². The Morgan fingerprint density at radius 1 is 0.833 bits per heavy atom. The molecular weight excluding hydrogens is 398 g/mol. The minimum atomic E-state index is -2.87. The molecule has 0 saturated carbocycles. The van der Waals surface area contributed by atoms with E-state index in [4.69, 9.17) is 51.1 Å². The number of Topliss-reactive ketones (excluding diaryl/α,β-unsaturated/α-hetero) is 1. The third kappa shape index (κ3) is 14.6. The van der Waals surface area contributed by atoms with Gasteiger partial charge in [0.15, 0.2) is 0 Å². The van der Waals surface area contributed by atoms with Crippen LogP contribution >= 0.6 is 13.4 Å². The molecule has 0 rings (SSSR count). The molecule has 144 valence electrons. The van der Waals surface area contributed by atoms with Crippen LogP contribution in [0, 0.1) is 0 Å². The maximum atomic E-state index is 9.87. The molecule has 12 heteroatoms. The van der Waals surface area contributed by atoms with Gasteiger partial charge in [0.1, 0.15) is 12.2 Å². The number of ketones is 1. The third-order valence-corrected chi connectivity index (χ3v) is 8.11. The van der Waals surface area contributed by atoms with Crippen molar-refractivity contribution in [3.63, 3.8) is 0 Å². The smallest absolute Gasteiger partial charge is 0.334 e. The Bertz CT molecular complexity index is 412. The van der Waals surface area contributed by atoms with Crippen molar-refractivity contribution in [2.45, 2.75) is 41.0 Å². The van der Waals surface area contributed by atoms with Gasteiger partial charge in [0.05, 0.1) is 26.4 Å². The first kappa shape index (κ1) is 26.5. The van der Waals surface area contributed by atoms with Crippen LogP contribution in [-0.4, -0.2) is 43.3 Å². The Hall–Kier alpha value is 0.240. The van der Waals surface area contributed by atoms with E-state index in [0.29, 0.717) is 26.4 Å². The lowest BCUT2D eigenvalue weighted by Crippen LogP contribution is -2.03. The second-order valence-electron chi connectivity index (χ2n) is 3.92. The number of aliphatic carboxylic acids is 1. The molecule has 8 nitrogen and oxygen atoms in total. The number of carbonyl (C=O) groups is 2. The summed E-state index contributed by atoms with van der Waals surface area (Å²) in [6, 6.07) is 0. The fourth-order valence-electron chi connectivity index (χ4n) is 1.14. The van der Waals surface area contributed by atoms with Gasteiger partial charge in [0, 0.05) is 0 Å². The summed E-state index contributed by atoms with van der Waals surface area (Å²) in [5.41, 5.74) is 0. The summed E-state index contributed by atoms with van der Waals surface area (Å²) in [6.07, 6.45) is -0.361. The molecule has 0 saturated heterocycles. The van der Waals surface area contributed by atoms with Crippen LogP contribution in [0.15, 0.2) is 0 Å². The predicted molar refractivity (Wildman–Crippen MR) is 99.1 cm³/mol. The number of hydrogen-bond acceptors (Lipinski definition) is 9. The molecule has 0 aromatic rings. The van der Waals surface area contributed by atoms with Gasteiger partial charge in [-0.1, -0.05) is 0 Å². The van der Waals surface area contributed by atoms with Gasteiger partial charge in [-0.2, -0.15) is 0 Å². The van der Waals surface area contributed by atoms with Gasteiger partial charge >= 0.3 is 19.4 Å². The molecule has 0 aromatic carbocycles. The lowest BCUT2D eigenvalue weighted by atomic mass is 10.3. The Kier molecular flexibility index (Phi) is 15.9. The quantitative estimate of drug-likeness (QED) is 0.369. The zero-order chi connectivity index (χ0) is 19.2. The number of rotatable bonds is 12. The van der Waals surface area contributed by atoms with E-state index in [-0.39, 0.29) is 12.2 Å². The molecule has 0 unspecified atom stereocenters. The minimum absolute atomic E-state index is 0.312. The highest BCUT2D eigenvalue weighted by Crippen LogP contribution is 2.66. The maximum Gasteiger partial charge on any atom is 0.334 e. The van der Waals surface area contributed by atoms with E-state index in [0.717, 1.165) is 0 Å². The fraction of sp³-hybridized carbons (Fsp3) is 0.833. The monoisotopic (exact) mass is 424 g/mol. The van der Waals surface area contributed by atoms with Gasteiger partial charge in [-0.15, -0.1) is 0 Å². The molecule has 0 spiro atoms. The molecule has 0 aliphatic heterocycles. The highest BCUT2D eigenvalue weighted by Gasteiger charge is 2.31. The molecule has 0 fully saturated rings. The van der Waals surface area contributed by atoms with Crippen molar-refractivity contribution in [2.24, 2.45) is 0 Å². The van der Waals surface area contributed by atoms with Crippen molar-refractivity contribution in [3.8, 4) is 0 Å². The van der Waals surface area contributed by atoms with Crippen LogP contribution in [0.25, 0.3) is 0 Å². The normalized spacial score (nSPS) is 11.5.